The van der Waals surface area contributed by atoms with Crippen LogP contribution < -0.4 is 0 Å². The number of carbonyl (C=O) groups excluding carboxylic acids is 4. The first-order valence-electron chi connectivity index (χ1n) is 39.7. The van der Waals surface area contributed by atoms with Crippen LogP contribution in [0.4, 0.5) is 0 Å². The molecule has 5 unspecified atom stereocenters. The quantitative estimate of drug-likeness (QED) is 0.0169. The fourth-order valence-corrected chi connectivity index (χ4v) is 11.6. The molecule has 0 aromatic heterocycles. The van der Waals surface area contributed by atoms with Crippen LogP contribution in [0.2, 0.25) is 0 Å². The highest BCUT2D eigenvalue weighted by Crippen LogP contribution is 2.45. The van der Waals surface area contributed by atoms with Gasteiger partial charge in [-0.05, 0) is 148 Å². The minimum absolute atomic E-state index is 0.0686. The number of carbonyl (C=O) groups is 4. The van der Waals surface area contributed by atoms with Crippen molar-refractivity contribution in [2.75, 3.05) is 39.6 Å². The lowest BCUT2D eigenvalue weighted by Crippen LogP contribution is -2.30. The van der Waals surface area contributed by atoms with E-state index in [9.17, 15) is 43.2 Å². The van der Waals surface area contributed by atoms with Crippen molar-refractivity contribution in [3.05, 3.63) is 158 Å². The predicted octanol–water partition coefficient (Wildman–Crippen LogP) is 23.2. The summed E-state index contributed by atoms with van der Waals surface area (Å²) in [5.74, 6) is -2.37. The number of hydrogen-bond acceptors (Lipinski definition) is 15. The van der Waals surface area contributed by atoms with Crippen molar-refractivity contribution in [2.24, 2.45) is 0 Å². The maximum Gasteiger partial charge on any atom is 0.472 e. The summed E-state index contributed by atoms with van der Waals surface area (Å²) in [7, 11) is -10.0. The van der Waals surface area contributed by atoms with Crippen LogP contribution in [0.1, 0.15) is 297 Å². The number of unbranched alkanes of at least 4 members (excludes halogenated alkanes) is 22. The molecular weight excluding hydrogens is 1350 g/mol. The van der Waals surface area contributed by atoms with E-state index in [2.05, 4.69) is 161 Å². The van der Waals surface area contributed by atoms with Crippen molar-refractivity contribution in [1.29, 1.82) is 0 Å². The number of allylic oxidation sites excluding steroid dienone is 25. The van der Waals surface area contributed by atoms with Crippen LogP contribution in [0.25, 0.3) is 0 Å². The summed E-state index contributed by atoms with van der Waals surface area (Å²) in [6.07, 6.45) is 88.3. The summed E-state index contributed by atoms with van der Waals surface area (Å²) in [5, 5.41) is 10.6. The smallest absolute Gasteiger partial charge is 0.462 e. The van der Waals surface area contributed by atoms with Gasteiger partial charge in [-0.1, -0.05) is 282 Å². The largest absolute Gasteiger partial charge is 0.472 e. The van der Waals surface area contributed by atoms with Gasteiger partial charge in [0.05, 0.1) is 32.8 Å². The summed E-state index contributed by atoms with van der Waals surface area (Å²) in [6, 6.07) is 0. The number of phosphoric acid groups is 2. The molecule has 0 amide bonds. The molecule has 104 heavy (non-hydrogen) atoms. The lowest BCUT2D eigenvalue weighted by molar-refractivity contribution is -0.161. The van der Waals surface area contributed by atoms with E-state index in [1.165, 1.54) is 19.3 Å². The van der Waals surface area contributed by atoms with Gasteiger partial charge in [0.25, 0.3) is 0 Å². The first-order valence-corrected chi connectivity index (χ1v) is 42.7. The van der Waals surface area contributed by atoms with Crippen LogP contribution >= 0.6 is 15.6 Å². The number of aliphatic hydroxyl groups is 1. The first-order chi connectivity index (χ1) is 50.7. The zero-order valence-corrected chi connectivity index (χ0v) is 66.4. The number of hydrogen-bond donors (Lipinski definition) is 3. The number of esters is 4. The van der Waals surface area contributed by atoms with E-state index in [1.54, 1.807) is 12.2 Å². The summed E-state index contributed by atoms with van der Waals surface area (Å²) < 4.78 is 68.4. The Morgan fingerprint density at radius 1 is 0.288 bits per heavy atom. The second kappa shape index (κ2) is 75.9. The maximum atomic E-state index is 13.1. The zero-order chi connectivity index (χ0) is 76.0. The molecule has 0 saturated heterocycles. The normalized spacial score (nSPS) is 14.7. The van der Waals surface area contributed by atoms with Crippen molar-refractivity contribution < 1.29 is 80.2 Å². The molecule has 3 N–H and O–H groups in total. The summed E-state index contributed by atoms with van der Waals surface area (Å²) in [5.41, 5.74) is 0. The standard InChI is InChI=1S/C85H140O17P2/c1-5-9-13-17-21-25-29-33-36-38-39-41-44-47-50-54-58-62-66-70-83(88)95-75-80(101-84(89)71-67-63-59-55-51-45-32-28-24-20-16-12-8-4)77-99-103(91,92)97-73-79(86)74-98-104(93,94)100-78-81(102-85(90)72-68-64-60-56-52-48-42-35-31-27-23-19-15-11-7-3)76-96-82(87)69-65-61-57-53-49-46-43-40-37-34-30-26-22-18-14-10-6-2/h10-11,14-16,20-23,25-28,32-37,39,41-42,52,56,64,68,79-81,86H,5-9,12-13,17-19,24,29-31,38,40,43-51,53-55,57-63,65-67,69-78H2,1-4H3,(H,91,92)(H,93,94)/b14-10-,15-11-,20-16-,25-21-,26-22-,27-23-,32-28-,36-33-,37-34-,41-39-,42-35-,56-52-,68-64-. The van der Waals surface area contributed by atoms with Crippen LogP contribution in [0, 0.1) is 0 Å². The molecule has 592 valence electrons. The van der Waals surface area contributed by atoms with Crippen LogP contribution in [-0.2, 0) is 65.4 Å². The highest BCUT2D eigenvalue weighted by molar-refractivity contribution is 7.47. The van der Waals surface area contributed by atoms with E-state index in [4.69, 9.17) is 37.0 Å². The Morgan fingerprint density at radius 3 is 0.894 bits per heavy atom. The van der Waals surface area contributed by atoms with Crippen LogP contribution in [0.3, 0.4) is 0 Å². The lowest BCUT2D eigenvalue weighted by Gasteiger charge is -2.21. The van der Waals surface area contributed by atoms with E-state index in [1.807, 2.05) is 12.2 Å². The highest BCUT2D eigenvalue weighted by Gasteiger charge is 2.30. The SMILES string of the molecule is CC/C=C\C/C=C\C/C=C\C/C=C\C/C=C\CC(=O)OC(COC(=O)CCCCCCCCC/C=C\C/C=C\C/C=C\CC)COP(=O)(O)OCC(O)COP(=O)(O)OCC(COC(=O)CCCCCCCC/C=C\C/C=C\C/C=C\CCCCC)OC(=O)CCCCCCC/C=C\C/C=C\CCC. The minimum atomic E-state index is -5.01. The van der Waals surface area contributed by atoms with Crippen LogP contribution in [0.15, 0.2) is 158 Å². The second-order valence-electron chi connectivity index (χ2n) is 25.9. The molecule has 0 radical (unpaired) electrons. The molecule has 0 aliphatic rings. The van der Waals surface area contributed by atoms with Crippen LogP contribution in [-0.4, -0.2) is 96.7 Å². The maximum absolute atomic E-state index is 13.1. The molecule has 0 fully saturated rings. The fourth-order valence-electron chi connectivity index (χ4n) is 10.0. The number of ether oxygens (including phenoxy) is 4. The molecule has 0 saturated carbocycles. The molecule has 0 aromatic rings. The molecule has 5 atom stereocenters. The highest BCUT2D eigenvalue weighted by atomic mass is 31.2. The Bertz CT molecular complexity index is 2590. The van der Waals surface area contributed by atoms with Gasteiger partial charge in [-0.2, -0.15) is 0 Å². The molecule has 0 spiro atoms. The Balaban J connectivity index is 5.43. The number of rotatable bonds is 73. The summed E-state index contributed by atoms with van der Waals surface area (Å²) in [6.45, 7) is 4.39. The van der Waals surface area contributed by atoms with E-state index < -0.39 is 97.5 Å². The lowest BCUT2D eigenvalue weighted by atomic mass is 10.1. The zero-order valence-electron chi connectivity index (χ0n) is 64.6. The Kier molecular flexibility index (Phi) is 72.0. The second-order valence-corrected chi connectivity index (χ2v) is 28.8. The molecule has 0 aromatic carbocycles. The van der Waals surface area contributed by atoms with E-state index in [0.717, 1.165) is 199 Å². The topological polar surface area (TPSA) is 237 Å². The van der Waals surface area contributed by atoms with Gasteiger partial charge in [-0.25, -0.2) is 9.13 Å². The van der Waals surface area contributed by atoms with E-state index in [0.29, 0.717) is 25.7 Å². The molecule has 0 aliphatic carbocycles. The van der Waals surface area contributed by atoms with Crippen molar-refractivity contribution in [3.63, 3.8) is 0 Å². The average Bonchev–Trinajstić information content (AvgIpc) is 0.925. The van der Waals surface area contributed by atoms with Gasteiger partial charge in [-0.15, -0.1) is 0 Å². The molecule has 0 aliphatic heterocycles. The van der Waals surface area contributed by atoms with Gasteiger partial charge in [0.15, 0.2) is 12.2 Å². The molecule has 19 heteroatoms. The van der Waals surface area contributed by atoms with E-state index >= 15 is 0 Å². The molecule has 0 heterocycles. The number of aliphatic hydroxyl groups excluding tert-OH is 1. The average molecular weight is 1500 g/mol. The van der Waals surface area contributed by atoms with Crippen molar-refractivity contribution in [2.45, 2.75) is 316 Å². The third-order valence-electron chi connectivity index (χ3n) is 16.0. The van der Waals surface area contributed by atoms with Gasteiger partial charge in [0.2, 0.25) is 0 Å². The molecule has 17 nitrogen and oxygen atoms in total. The summed E-state index contributed by atoms with van der Waals surface area (Å²) in [4.78, 5) is 72.9. The van der Waals surface area contributed by atoms with Gasteiger partial charge >= 0.3 is 39.5 Å². The van der Waals surface area contributed by atoms with Gasteiger partial charge in [0, 0.05) is 19.3 Å². The monoisotopic (exact) mass is 1490 g/mol. The van der Waals surface area contributed by atoms with Crippen molar-refractivity contribution >= 4 is 39.5 Å². The number of phosphoric ester groups is 2. The van der Waals surface area contributed by atoms with Crippen molar-refractivity contribution in [1.82, 2.24) is 0 Å². The molecule has 0 rings (SSSR count). The predicted molar refractivity (Wildman–Crippen MR) is 427 cm³/mol. The fraction of sp³-hybridized carbons (Fsp3) is 0.647. The first kappa shape index (κ1) is 98.7. The van der Waals surface area contributed by atoms with Crippen molar-refractivity contribution in [3.8, 4) is 0 Å². The van der Waals surface area contributed by atoms with E-state index in [-0.39, 0.29) is 25.7 Å². The Hall–Kier alpha value is -5.32. The Labute approximate surface area is 629 Å². The van der Waals surface area contributed by atoms with Gasteiger partial charge in [-0.3, -0.25) is 37.3 Å². The molecular formula is C85H140O17P2. The third-order valence-corrected chi connectivity index (χ3v) is 17.9. The third kappa shape index (κ3) is 74.9. The van der Waals surface area contributed by atoms with Gasteiger partial charge < -0.3 is 33.8 Å². The molecule has 0 bridgehead atoms. The van der Waals surface area contributed by atoms with Crippen LogP contribution in [0.5, 0.6) is 0 Å². The Morgan fingerprint density at radius 2 is 0.558 bits per heavy atom. The summed E-state index contributed by atoms with van der Waals surface area (Å²) >= 11 is 0. The minimum Gasteiger partial charge on any atom is -0.462 e. The van der Waals surface area contributed by atoms with Gasteiger partial charge in [0.1, 0.15) is 19.3 Å².